The van der Waals surface area contributed by atoms with E-state index in [1.165, 1.54) is 186 Å². The zero-order chi connectivity index (χ0) is 28.0. The molecule has 0 saturated heterocycles. The molecule has 230 valence electrons. The highest BCUT2D eigenvalue weighted by Crippen LogP contribution is 2.23. The maximum absolute atomic E-state index is 10.1. The number of aliphatic hydroxyl groups excluding tert-OH is 1. The molecule has 0 fully saturated rings. The quantitative estimate of drug-likeness (QED) is 0.0873. The molecular weight excluding hydrogens is 460 g/mol. The average Bonchev–Trinajstić information content (AvgIpc) is 2.86. The summed E-state index contributed by atoms with van der Waals surface area (Å²) in [6.45, 7) is 8.97. The van der Waals surface area contributed by atoms with Crippen molar-refractivity contribution < 1.29 is 5.11 Å². The molecule has 1 N–H and O–H groups in total. The molecule has 0 aliphatic carbocycles. The van der Waals surface area contributed by atoms with E-state index in [0.717, 1.165) is 12.8 Å². The predicted octanol–water partition coefficient (Wildman–Crippen LogP) is 13.5. The SMILES string of the molecule is CCCCCCCCCCCCCCCCCCCCCCCCCCCCCCCC(O)CC(C)(C)C. The van der Waals surface area contributed by atoms with E-state index in [1.807, 2.05) is 0 Å². The second-order valence-corrected chi connectivity index (χ2v) is 14.1. The molecule has 0 bridgehead atoms. The van der Waals surface area contributed by atoms with Gasteiger partial charge in [-0.05, 0) is 18.3 Å². The Labute approximate surface area is 243 Å². The number of hydrogen-bond donors (Lipinski definition) is 1. The lowest BCUT2D eigenvalue weighted by Gasteiger charge is -2.22. The van der Waals surface area contributed by atoms with E-state index in [2.05, 4.69) is 27.7 Å². The summed E-state index contributed by atoms with van der Waals surface area (Å²) in [6.07, 6.45) is 43.8. The van der Waals surface area contributed by atoms with Crippen molar-refractivity contribution in [3.63, 3.8) is 0 Å². The Balaban J connectivity index is 3.09. The van der Waals surface area contributed by atoms with Gasteiger partial charge in [-0.1, -0.05) is 214 Å². The first-order chi connectivity index (χ1) is 18.5. The standard InChI is InChI=1S/C37H76O/c1-5-6-7-8-9-10-11-12-13-14-15-16-17-18-19-20-21-22-23-24-25-26-27-28-29-30-31-32-33-34-36(38)35-37(2,3)4/h36,38H,5-35H2,1-4H3. The number of rotatable bonds is 31. The fraction of sp³-hybridized carbons (Fsp3) is 1.00. The fourth-order valence-electron chi connectivity index (χ4n) is 6.04. The molecule has 0 heterocycles. The van der Waals surface area contributed by atoms with Crippen LogP contribution in [0.4, 0.5) is 0 Å². The molecule has 0 aliphatic rings. The van der Waals surface area contributed by atoms with Gasteiger partial charge in [0.2, 0.25) is 0 Å². The Morgan fingerprint density at radius 2 is 0.579 bits per heavy atom. The van der Waals surface area contributed by atoms with E-state index in [0.29, 0.717) is 0 Å². The summed E-state index contributed by atoms with van der Waals surface area (Å²) >= 11 is 0. The Kier molecular flexibility index (Phi) is 29.9. The van der Waals surface area contributed by atoms with Crippen molar-refractivity contribution in [1.29, 1.82) is 0 Å². The second-order valence-electron chi connectivity index (χ2n) is 14.1. The van der Waals surface area contributed by atoms with E-state index < -0.39 is 0 Å². The Morgan fingerprint density at radius 3 is 0.789 bits per heavy atom. The normalized spacial score (nSPS) is 12.9. The molecule has 1 atom stereocenters. The number of aliphatic hydroxyl groups is 1. The van der Waals surface area contributed by atoms with Gasteiger partial charge in [0.05, 0.1) is 6.10 Å². The van der Waals surface area contributed by atoms with Crippen LogP contribution < -0.4 is 0 Å². The molecule has 0 aromatic carbocycles. The molecule has 0 radical (unpaired) electrons. The van der Waals surface area contributed by atoms with Crippen LogP contribution in [0.25, 0.3) is 0 Å². The van der Waals surface area contributed by atoms with Crippen LogP contribution >= 0.6 is 0 Å². The van der Waals surface area contributed by atoms with Crippen LogP contribution in [0.5, 0.6) is 0 Å². The van der Waals surface area contributed by atoms with E-state index >= 15 is 0 Å². The van der Waals surface area contributed by atoms with Crippen molar-refractivity contribution in [1.82, 2.24) is 0 Å². The number of unbranched alkanes of at least 4 members (excludes halogenated alkanes) is 28. The van der Waals surface area contributed by atoms with Gasteiger partial charge < -0.3 is 5.11 Å². The van der Waals surface area contributed by atoms with Crippen LogP contribution in [0, 0.1) is 5.41 Å². The first-order valence-corrected chi connectivity index (χ1v) is 18.1. The molecule has 0 aromatic rings. The largest absolute Gasteiger partial charge is 0.393 e. The molecule has 0 saturated carbocycles. The summed E-state index contributed by atoms with van der Waals surface area (Å²) in [4.78, 5) is 0. The zero-order valence-electron chi connectivity index (χ0n) is 27.4. The Bertz CT molecular complexity index is 423. The van der Waals surface area contributed by atoms with Crippen molar-refractivity contribution in [2.75, 3.05) is 0 Å². The van der Waals surface area contributed by atoms with Gasteiger partial charge in [-0.2, -0.15) is 0 Å². The maximum Gasteiger partial charge on any atom is 0.0545 e. The monoisotopic (exact) mass is 537 g/mol. The summed E-state index contributed by atoms with van der Waals surface area (Å²) in [5.74, 6) is 0. The van der Waals surface area contributed by atoms with Gasteiger partial charge in [-0.25, -0.2) is 0 Å². The van der Waals surface area contributed by atoms with E-state index in [9.17, 15) is 5.11 Å². The van der Waals surface area contributed by atoms with Gasteiger partial charge in [0.15, 0.2) is 0 Å². The van der Waals surface area contributed by atoms with Crippen molar-refractivity contribution >= 4 is 0 Å². The van der Waals surface area contributed by atoms with Crippen LogP contribution in [0.3, 0.4) is 0 Å². The van der Waals surface area contributed by atoms with Gasteiger partial charge in [0.25, 0.3) is 0 Å². The molecule has 0 rings (SSSR count). The van der Waals surface area contributed by atoms with Gasteiger partial charge in [-0.3, -0.25) is 0 Å². The van der Waals surface area contributed by atoms with E-state index in [1.54, 1.807) is 0 Å². The van der Waals surface area contributed by atoms with E-state index in [4.69, 9.17) is 0 Å². The van der Waals surface area contributed by atoms with Crippen LogP contribution in [0.1, 0.15) is 227 Å². The highest BCUT2D eigenvalue weighted by Gasteiger charge is 2.15. The van der Waals surface area contributed by atoms with Crippen molar-refractivity contribution in [2.24, 2.45) is 5.41 Å². The third-order valence-electron chi connectivity index (χ3n) is 8.49. The van der Waals surface area contributed by atoms with Gasteiger partial charge in [0.1, 0.15) is 0 Å². The fourth-order valence-corrected chi connectivity index (χ4v) is 6.04. The molecule has 38 heavy (non-hydrogen) atoms. The summed E-state index contributed by atoms with van der Waals surface area (Å²) in [5, 5.41) is 10.1. The minimum Gasteiger partial charge on any atom is -0.393 e. The van der Waals surface area contributed by atoms with Crippen molar-refractivity contribution in [3.05, 3.63) is 0 Å². The molecule has 0 aliphatic heterocycles. The van der Waals surface area contributed by atoms with Crippen LogP contribution in [-0.4, -0.2) is 11.2 Å². The summed E-state index contributed by atoms with van der Waals surface area (Å²) in [5.41, 5.74) is 0.255. The molecule has 0 spiro atoms. The molecule has 1 unspecified atom stereocenters. The lowest BCUT2D eigenvalue weighted by atomic mass is 9.87. The second kappa shape index (κ2) is 29.9. The lowest BCUT2D eigenvalue weighted by Crippen LogP contribution is -2.17. The first kappa shape index (κ1) is 38.0. The van der Waals surface area contributed by atoms with Gasteiger partial charge >= 0.3 is 0 Å². The summed E-state index contributed by atoms with van der Waals surface area (Å²) in [7, 11) is 0. The highest BCUT2D eigenvalue weighted by molar-refractivity contribution is 4.68. The highest BCUT2D eigenvalue weighted by atomic mass is 16.3. The third kappa shape index (κ3) is 34.0. The van der Waals surface area contributed by atoms with Crippen LogP contribution in [-0.2, 0) is 0 Å². The van der Waals surface area contributed by atoms with Crippen molar-refractivity contribution in [2.45, 2.75) is 233 Å². The lowest BCUT2D eigenvalue weighted by molar-refractivity contribution is 0.110. The van der Waals surface area contributed by atoms with Crippen LogP contribution in [0.2, 0.25) is 0 Å². The van der Waals surface area contributed by atoms with Crippen LogP contribution in [0.15, 0.2) is 0 Å². The first-order valence-electron chi connectivity index (χ1n) is 18.1. The molecule has 1 nitrogen and oxygen atoms in total. The van der Waals surface area contributed by atoms with Gasteiger partial charge in [-0.15, -0.1) is 0 Å². The predicted molar refractivity (Wildman–Crippen MR) is 174 cm³/mol. The maximum atomic E-state index is 10.1. The van der Waals surface area contributed by atoms with E-state index in [-0.39, 0.29) is 11.5 Å². The smallest absolute Gasteiger partial charge is 0.0545 e. The van der Waals surface area contributed by atoms with Gasteiger partial charge in [0, 0.05) is 0 Å². The minimum absolute atomic E-state index is 0.0936. The van der Waals surface area contributed by atoms with Crippen molar-refractivity contribution in [3.8, 4) is 0 Å². The Hall–Kier alpha value is -0.0400. The minimum atomic E-state index is -0.0936. The Morgan fingerprint density at radius 1 is 0.368 bits per heavy atom. The summed E-state index contributed by atoms with van der Waals surface area (Å²) < 4.78 is 0. The average molecular weight is 537 g/mol. The molecule has 0 aromatic heterocycles. The molecule has 0 amide bonds. The zero-order valence-corrected chi connectivity index (χ0v) is 27.4. The number of hydrogen-bond acceptors (Lipinski definition) is 1. The summed E-state index contributed by atoms with van der Waals surface area (Å²) in [6, 6.07) is 0. The third-order valence-corrected chi connectivity index (χ3v) is 8.49. The molecule has 1 heteroatoms. The molecular formula is C37H76O. The topological polar surface area (TPSA) is 20.2 Å².